The number of likely N-dealkylation sites (tertiary alicyclic amines) is 1. The normalized spacial score (nSPS) is 21.1. The molecule has 0 radical (unpaired) electrons. The van der Waals surface area contributed by atoms with Gasteiger partial charge >= 0.3 is 0 Å². The highest BCUT2D eigenvalue weighted by Crippen LogP contribution is 2.22. The molecular formula is C15H23N3O4. The molecule has 1 fully saturated rings. The molecule has 122 valence electrons. The number of aryl methyl sites for hydroxylation is 1. The molecule has 2 rings (SSSR count). The van der Waals surface area contributed by atoms with E-state index < -0.39 is 0 Å². The van der Waals surface area contributed by atoms with Gasteiger partial charge in [0, 0.05) is 38.9 Å². The molecule has 0 aromatic carbocycles. The topological polar surface area (TPSA) is 95.4 Å². The first-order valence-electron chi connectivity index (χ1n) is 7.72. The lowest BCUT2D eigenvalue weighted by atomic mass is 9.98. The third kappa shape index (κ3) is 4.22. The van der Waals surface area contributed by atoms with Crippen LogP contribution < -0.4 is 10.9 Å². The van der Waals surface area contributed by atoms with Crippen molar-refractivity contribution in [3.05, 3.63) is 22.2 Å². The van der Waals surface area contributed by atoms with Gasteiger partial charge in [-0.1, -0.05) is 13.3 Å². The Bertz CT molecular complexity index is 577. The molecule has 1 aromatic rings. The second-order valence-electron chi connectivity index (χ2n) is 5.83. The van der Waals surface area contributed by atoms with Crippen LogP contribution in [0.15, 0.2) is 15.4 Å². The predicted molar refractivity (Wildman–Crippen MR) is 80.2 cm³/mol. The van der Waals surface area contributed by atoms with Gasteiger partial charge in [-0.25, -0.2) is 0 Å². The molecule has 7 nitrogen and oxygen atoms in total. The number of amides is 2. The highest BCUT2D eigenvalue weighted by Gasteiger charge is 2.34. The summed E-state index contributed by atoms with van der Waals surface area (Å²) in [6, 6.07) is 1.39. The van der Waals surface area contributed by atoms with E-state index in [2.05, 4.69) is 17.4 Å². The van der Waals surface area contributed by atoms with Gasteiger partial charge in [0.15, 0.2) is 0 Å². The zero-order valence-electron chi connectivity index (χ0n) is 13.1. The molecule has 0 aliphatic carbocycles. The number of H-pyrrole nitrogens is 1. The minimum atomic E-state index is -0.294. The Morgan fingerprint density at radius 3 is 2.82 bits per heavy atom. The second-order valence-corrected chi connectivity index (χ2v) is 5.83. The Morgan fingerprint density at radius 1 is 1.45 bits per heavy atom. The third-order valence-corrected chi connectivity index (χ3v) is 4.00. The Balaban J connectivity index is 1.89. The second kappa shape index (κ2) is 7.29. The fourth-order valence-corrected chi connectivity index (χ4v) is 3.00. The van der Waals surface area contributed by atoms with Crippen molar-refractivity contribution in [2.45, 2.75) is 45.6 Å². The summed E-state index contributed by atoms with van der Waals surface area (Å²) in [6.45, 7) is 4.83. The first-order chi connectivity index (χ1) is 10.5. The van der Waals surface area contributed by atoms with Gasteiger partial charge in [-0.05, 0) is 12.3 Å². The average Bonchev–Trinajstić information content (AvgIpc) is 3.03. The number of nitrogens with one attached hydrogen (secondary N) is 2. The Morgan fingerprint density at radius 2 is 2.23 bits per heavy atom. The van der Waals surface area contributed by atoms with Crippen LogP contribution >= 0.6 is 0 Å². The lowest BCUT2D eigenvalue weighted by molar-refractivity contribution is -0.130. The van der Waals surface area contributed by atoms with E-state index in [0.717, 1.165) is 12.8 Å². The summed E-state index contributed by atoms with van der Waals surface area (Å²) in [5.41, 5.74) is -0.294. The smallest absolute Gasteiger partial charge is 0.280 e. The van der Waals surface area contributed by atoms with Crippen molar-refractivity contribution in [3.63, 3.8) is 0 Å². The monoisotopic (exact) mass is 309 g/mol. The van der Waals surface area contributed by atoms with E-state index >= 15 is 0 Å². The summed E-state index contributed by atoms with van der Waals surface area (Å²) in [4.78, 5) is 36.3. The zero-order chi connectivity index (χ0) is 16.1. The minimum absolute atomic E-state index is 0.0257. The van der Waals surface area contributed by atoms with Crippen LogP contribution in [0.3, 0.4) is 0 Å². The van der Waals surface area contributed by atoms with Crippen molar-refractivity contribution in [3.8, 4) is 0 Å². The van der Waals surface area contributed by atoms with E-state index in [1.807, 2.05) is 0 Å². The molecule has 2 heterocycles. The minimum Gasteiger partial charge on any atom is -0.384 e. The molecule has 2 unspecified atom stereocenters. The molecule has 1 saturated heterocycles. The molecule has 1 aromatic heterocycles. The van der Waals surface area contributed by atoms with Crippen molar-refractivity contribution in [1.82, 2.24) is 15.4 Å². The van der Waals surface area contributed by atoms with Gasteiger partial charge in [0.2, 0.25) is 11.8 Å². The van der Waals surface area contributed by atoms with Crippen LogP contribution in [-0.2, 0) is 16.0 Å². The third-order valence-electron chi connectivity index (χ3n) is 4.00. The zero-order valence-corrected chi connectivity index (χ0v) is 13.1. The number of rotatable bonds is 6. The van der Waals surface area contributed by atoms with E-state index in [4.69, 9.17) is 4.52 Å². The molecule has 22 heavy (non-hydrogen) atoms. The van der Waals surface area contributed by atoms with Crippen LogP contribution in [-0.4, -0.2) is 41.0 Å². The lowest BCUT2D eigenvalue weighted by Gasteiger charge is -2.17. The number of carbonyl (C=O) groups is 2. The van der Waals surface area contributed by atoms with Crippen molar-refractivity contribution < 1.29 is 14.1 Å². The first kappa shape index (κ1) is 16.3. The summed E-state index contributed by atoms with van der Waals surface area (Å²) in [5, 5.41) is 5.15. The van der Waals surface area contributed by atoms with Gasteiger partial charge in [-0.15, -0.1) is 0 Å². The van der Waals surface area contributed by atoms with E-state index in [-0.39, 0.29) is 23.4 Å². The van der Waals surface area contributed by atoms with Crippen LogP contribution in [0.25, 0.3) is 0 Å². The molecule has 2 amide bonds. The summed E-state index contributed by atoms with van der Waals surface area (Å²) in [7, 11) is 0. The molecule has 7 heteroatoms. The molecule has 2 N–H and O–H groups in total. The maximum atomic E-state index is 12.3. The summed E-state index contributed by atoms with van der Waals surface area (Å²) >= 11 is 0. The Labute approximate surface area is 129 Å². The molecular weight excluding hydrogens is 286 g/mol. The predicted octanol–water partition coefficient (Wildman–Crippen LogP) is 0.664. The SMILES string of the molecule is CCCC1CN(C(=O)CCc2cc(=O)[nH]o2)CC1NC(C)=O. The largest absolute Gasteiger partial charge is 0.384 e. The quantitative estimate of drug-likeness (QED) is 0.807. The van der Waals surface area contributed by atoms with Gasteiger partial charge in [0.05, 0.1) is 6.04 Å². The van der Waals surface area contributed by atoms with Crippen LogP contribution in [0.2, 0.25) is 0 Å². The number of aromatic amines is 1. The maximum Gasteiger partial charge on any atom is 0.280 e. The van der Waals surface area contributed by atoms with Gasteiger partial charge in [-0.2, -0.15) is 5.16 Å². The molecule has 0 saturated carbocycles. The molecule has 1 aliphatic rings. The van der Waals surface area contributed by atoms with Gasteiger partial charge in [0.25, 0.3) is 5.56 Å². The lowest BCUT2D eigenvalue weighted by Crippen LogP contribution is -2.39. The maximum absolute atomic E-state index is 12.3. The summed E-state index contributed by atoms with van der Waals surface area (Å²) in [6.07, 6.45) is 2.71. The Hall–Kier alpha value is -2.05. The highest BCUT2D eigenvalue weighted by atomic mass is 16.5. The number of aromatic nitrogens is 1. The van der Waals surface area contributed by atoms with Crippen LogP contribution in [0.1, 0.15) is 38.9 Å². The van der Waals surface area contributed by atoms with Crippen molar-refractivity contribution in [1.29, 1.82) is 0 Å². The van der Waals surface area contributed by atoms with Crippen molar-refractivity contribution in [2.24, 2.45) is 5.92 Å². The fraction of sp³-hybridized carbons (Fsp3) is 0.667. The number of nitrogens with zero attached hydrogens (tertiary/aromatic N) is 1. The van der Waals surface area contributed by atoms with Gasteiger partial charge in [0.1, 0.15) is 5.76 Å². The first-order valence-corrected chi connectivity index (χ1v) is 7.72. The van der Waals surface area contributed by atoms with Gasteiger partial charge in [-0.3, -0.25) is 14.4 Å². The number of carbonyl (C=O) groups excluding carboxylic acids is 2. The molecule has 0 spiro atoms. The number of hydrogen-bond donors (Lipinski definition) is 2. The fourth-order valence-electron chi connectivity index (χ4n) is 3.00. The van der Waals surface area contributed by atoms with E-state index in [1.54, 1.807) is 4.90 Å². The van der Waals surface area contributed by atoms with E-state index in [1.165, 1.54) is 13.0 Å². The summed E-state index contributed by atoms with van der Waals surface area (Å²) in [5.74, 6) is 0.761. The van der Waals surface area contributed by atoms with Crippen molar-refractivity contribution in [2.75, 3.05) is 13.1 Å². The van der Waals surface area contributed by atoms with Gasteiger partial charge < -0.3 is 14.7 Å². The molecule has 0 bridgehead atoms. The average molecular weight is 309 g/mol. The number of hydrogen-bond acceptors (Lipinski definition) is 4. The van der Waals surface area contributed by atoms with E-state index in [0.29, 0.717) is 37.6 Å². The highest BCUT2D eigenvalue weighted by molar-refractivity contribution is 5.77. The molecule has 2 atom stereocenters. The van der Waals surface area contributed by atoms with Crippen LogP contribution in [0.5, 0.6) is 0 Å². The van der Waals surface area contributed by atoms with E-state index in [9.17, 15) is 14.4 Å². The molecule has 1 aliphatic heterocycles. The Kier molecular flexibility index (Phi) is 5.41. The van der Waals surface area contributed by atoms with Crippen LogP contribution in [0.4, 0.5) is 0 Å². The standard InChI is InChI=1S/C15H23N3O4/c1-3-4-11-8-18(9-13(11)16-10(2)19)15(21)6-5-12-7-14(20)17-22-12/h7,11,13H,3-6,8-9H2,1-2H3,(H,16,19)(H,17,20). The van der Waals surface area contributed by atoms with Crippen LogP contribution in [0, 0.1) is 5.92 Å². The summed E-state index contributed by atoms with van der Waals surface area (Å²) < 4.78 is 4.95. The van der Waals surface area contributed by atoms with Crippen molar-refractivity contribution >= 4 is 11.8 Å².